The fraction of sp³-hybridized carbons (Fsp3) is 0.800. The maximum atomic E-state index is 4.61. The van der Waals surface area contributed by atoms with Crippen molar-refractivity contribution in [3.8, 4) is 0 Å². The molecule has 1 N–H and O–H groups in total. The van der Waals surface area contributed by atoms with Crippen LogP contribution in [0.25, 0.3) is 0 Å². The highest BCUT2D eigenvalue weighted by atomic mass is 15.3. The molecule has 1 aromatic heterocycles. The molecule has 4 heteroatoms. The van der Waals surface area contributed by atoms with Crippen molar-refractivity contribution in [2.75, 3.05) is 13.1 Å². The molecule has 0 amide bonds. The second-order valence-corrected chi connectivity index (χ2v) is 5.02. The zero-order valence-corrected chi connectivity index (χ0v) is 9.33. The highest BCUT2D eigenvalue weighted by Crippen LogP contribution is 2.22. The van der Waals surface area contributed by atoms with Gasteiger partial charge in [-0.15, -0.1) is 0 Å². The van der Waals surface area contributed by atoms with Crippen molar-refractivity contribution in [3.63, 3.8) is 0 Å². The Bertz CT molecular complexity index is 330. The maximum Gasteiger partial charge on any atom is 0.156 e. The summed E-state index contributed by atoms with van der Waals surface area (Å²) in [7, 11) is 1.98. The van der Waals surface area contributed by atoms with E-state index in [4.69, 9.17) is 0 Å². The zero-order valence-electron chi connectivity index (χ0n) is 9.33. The third-order valence-corrected chi connectivity index (χ3v) is 2.61. The van der Waals surface area contributed by atoms with Gasteiger partial charge in [0.25, 0.3) is 0 Å². The standard InChI is InChI=1S/C10H18N4/c1-10(2,3)9-12-8(14(4)13-9)7-5-11-6-7/h7,11H,5-6H2,1-4H3. The van der Waals surface area contributed by atoms with Crippen LogP contribution in [-0.2, 0) is 12.5 Å². The van der Waals surface area contributed by atoms with Gasteiger partial charge in [-0.3, -0.25) is 4.68 Å². The van der Waals surface area contributed by atoms with Crippen molar-refractivity contribution in [3.05, 3.63) is 11.6 Å². The van der Waals surface area contributed by atoms with Crippen LogP contribution in [-0.4, -0.2) is 27.9 Å². The Kier molecular flexibility index (Phi) is 2.10. The number of aromatic nitrogens is 3. The summed E-state index contributed by atoms with van der Waals surface area (Å²) in [5.74, 6) is 2.62. The number of nitrogens with zero attached hydrogens (tertiary/aromatic N) is 3. The summed E-state index contributed by atoms with van der Waals surface area (Å²) < 4.78 is 1.92. The van der Waals surface area contributed by atoms with Gasteiger partial charge >= 0.3 is 0 Å². The largest absolute Gasteiger partial charge is 0.315 e. The second-order valence-electron chi connectivity index (χ2n) is 5.02. The molecule has 0 unspecified atom stereocenters. The Morgan fingerprint density at radius 3 is 2.36 bits per heavy atom. The Morgan fingerprint density at radius 2 is 2.00 bits per heavy atom. The number of rotatable bonds is 1. The van der Waals surface area contributed by atoms with Crippen LogP contribution in [0, 0.1) is 0 Å². The lowest BCUT2D eigenvalue weighted by atomic mass is 9.96. The van der Waals surface area contributed by atoms with E-state index in [0.717, 1.165) is 24.7 Å². The number of hydrogen-bond donors (Lipinski definition) is 1. The fourth-order valence-corrected chi connectivity index (χ4v) is 1.54. The molecule has 1 aliphatic rings. The summed E-state index contributed by atoms with van der Waals surface area (Å²) in [6.07, 6.45) is 0. The first-order chi connectivity index (χ1) is 6.48. The molecule has 2 rings (SSSR count). The summed E-state index contributed by atoms with van der Waals surface area (Å²) >= 11 is 0. The summed E-state index contributed by atoms with van der Waals surface area (Å²) in [4.78, 5) is 4.61. The quantitative estimate of drug-likeness (QED) is 0.719. The lowest BCUT2D eigenvalue weighted by molar-refractivity contribution is 0.416. The van der Waals surface area contributed by atoms with Crippen molar-refractivity contribution in [2.45, 2.75) is 32.1 Å². The first-order valence-corrected chi connectivity index (χ1v) is 5.10. The van der Waals surface area contributed by atoms with Crippen molar-refractivity contribution in [1.82, 2.24) is 20.1 Å². The second kappa shape index (κ2) is 3.05. The molecular weight excluding hydrogens is 176 g/mol. The Balaban J connectivity index is 2.29. The van der Waals surface area contributed by atoms with Gasteiger partial charge in [0, 0.05) is 31.5 Å². The molecule has 14 heavy (non-hydrogen) atoms. The molecule has 0 spiro atoms. The Hall–Kier alpha value is -0.900. The van der Waals surface area contributed by atoms with E-state index in [2.05, 4.69) is 36.2 Å². The van der Waals surface area contributed by atoms with E-state index in [1.807, 2.05) is 11.7 Å². The van der Waals surface area contributed by atoms with E-state index in [1.165, 1.54) is 0 Å². The van der Waals surface area contributed by atoms with Gasteiger partial charge in [-0.2, -0.15) is 5.10 Å². The van der Waals surface area contributed by atoms with E-state index in [9.17, 15) is 0 Å². The zero-order chi connectivity index (χ0) is 10.3. The van der Waals surface area contributed by atoms with Gasteiger partial charge in [0.1, 0.15) is 5.82 Å². The molecule has 1 aliphatic heterocycles. The summed E-state index contributed by atoms with van der Waals surface area (Å²) in [6.45, 7) is 8.51. The van der Waals surface area contributed by atoms with E-state index in [0.29, 0.717) is 5.92 Å². The van der Waals surface area contributed by atoms with E-state index in [-0.39, 0.29) is 5.41 Å². The van der Waals surface area contributed by atoms with Crippen LogP contribution in [0.15, 0.2) is 0 Å². The SMILES string of the molecule is Cn1nc(C(C)(C)C)nc1C1CNC1. The van der Waals surface area contributed by atoms with E-state index < -0.39 is 0 Å². The number of nitrogens with one attached hydrogen (secondary N) is 1. The minimum Gasteiger partial charge on any atom is -0.315 e. The Labute approximate surface area is 84.7 Å². The molecule has 78 valence electrons. The minimum absolute atomic E-state index is 0.0488. The predicted octanol–water partition coefficient (Wildman–Crippen LogP) is 0.799. The first kappa shape index (κ1) is 9.65. The highest BCUT2D eigenvalue weighted by Gasteiger charge is 2.27. The van der Waals surface area contributed by atoms with Gasteiger partial charge < -0.3 is 5.32 Å². The smallest absolute Gasteiger partial charge is 0.156 e. The van der Waals surface area contributed by atoms with Crippen molar-refractivity contribution in [1.29, 1.82) is 0 Å². The third-order valence-electron chi connectivity index (χ3n) is 2.61. The van der Waals surface area contributed by atoms with Gasteiger partial charge in [-0.05, 0) is 0 Å². The monoisotopic (exact) mass is 194 g/mol. The number of hydrogen-bond acceptors (Lipinski definition) is 3. The fourth-order valence-electron chi connectivity index (χ4n) is 1.54. The molecular formula is C10H18N4. The van der Waals surface area contributed by atoms with Crippen LogP contribution < -0.4 is 5.32 Å². The van der Waals surface area contributed by atoms with Crippen LogP contribution in [0.1, 0.15) is 38.3 Å². The van der Waals surface area contributed by atoms with Crippen LogP contribution >= 0.6 is 0 Å². The van der Waals surface area contributed by atoms with E-state index >= 15 is 0 Å². The lowest BCUT2D eigenvalue weighted by Gasteiger charge is -2.25. The average molecular weight is 194 g/mol. The Morgan fingerprint density at radius 1 is 1.36 bits per heavy atom. The predicted molar refractivity (Wildman–Crippen MR) is 55.3 cm³/mol. The van der Waals surface area contributed by atoms with Crippen LogP contribution in [0.3, 0.4) is 0 Å². The van der Waals surface area contributed by atoms with E-state index in [1.54, 1.807) is 0 Å². The highest BCUT2D eigenvalue weighted by molar-refractivity contribution is 5.09. The van der Waals surface area contributed by atoms with Gasteiger partial charge in [-0.25, -0.2) is 4.98 Å². The summed E-state index contributed by atoms with van der Waals surface area (Å²) in [6, 6.07) is 0. The van der Waals surface area contributed by atoms with Crippen molar-refractivity contribution in [2.24, 2.45) is 7.05 Å². The molecule has 4 nitrogen and oxygen atoms in total. The molecule has 0 radical (unpaired) electrons. The first-order valence-electron chi connectivity index (χ1n) is 5.10. The molecule has 1 saturated heterocycles. The van der Waals surface area contributed by atoms with Gasteiger partial charge in [-0.1, -0.05) is 20.8 Å². The minimum atomic E-state index is 0.0488. The van der Waals surface area contributed by atoms with Crippen LogP contribution in [0.2, 0.25) is 0 Å². The molecule has 1 aromatic rings. The molecule has 0 saturated carbocycles. The molecule has 0 atom stereocenters. The van der Waals surface area contributed by atoms with Gasteiger partial charge in [0.05, 0.1) is 0 Å². The normalized spacial score (nSPS) is 18.3. The summed E-state index contributed by atoms with van der Waals surface area (Å²) in [5.41, 5.74) is 0.0488. The molecule has 0 bridgehead atoms. The van der Waals surface area contributed by atoms with Crippen molar-refractivity contribution < 1.29 is 0 Å². The molecule has 0 aliphatic carbocycles. The third kappa shape index (κ3) is 1.54. The average Bonchev–Trinajstić information content (AvgIpc) is 2.28. The molecule has 0 aromatic carbocycles. The van der Waals surface area contributed by atoms with Crippen LogP contribution in [0.5, 0.6) is 0 Å². The maximum absolute atomic E-state index is 4.61. The lowest BCUT2D eigenvalue weighted by Crippen LogP contribution is -2.41. The molecule has 1 fully saturated rings. The van der Waals surface area contributed by atoms with Crippen LogP contribution in [0.4, 0.5) is 0 Å². The summed E-state index contributed by atoms with van der Waals surface area (Å²) in [5, 5.41) is 7.72. The van der Waals surface area contributed by atoms with Gasteiger partial charge in [0.2, 0.25) is 0 Å². The van der Waals surface area contributed by atoms with Crippen molar-refractivity contribution >= 4 is 0 Å². The topological polar surface area (TPSA) is 42.7 Å². The number of aryl methyl sites for hydroxylation is 1. The molecule has 2 heterocycles. The van der Waals surface area contributed by atoms with Gasteiger partial charge in [0.15, 0.2) is 5.82 Å².